The summed E-state index contributed by atoms with van der Waals surface area (Å²) in [5.74, 6) is 0.242. The van der Waals surface area contributed by atoms with Gasteiger partial charge in [-0.2, -0.15) is 0 Å². The number of aromatic nitrogens is 2. The molecule has 1 heterocycles. The fraction of sp³-hybridized carbons (Fsp3) is 0.214. The average molecular weight is 288 g/mol. The van der Waals surface area contributed by atoms with Gasteiger partial charge in [0.05, 0.1) is 18.5 Å². The van der Waals surface area contributed by atoms with Crippen LogP contribution in [0.15, 0.2) is 35.4 Å². The zero-order valence-electron chi connectivity index (χ0n) is 11.8. The number of nitrogens with zero attached hydrogens (tertiary/aromatic N) is 2. The fourth-order valence-electron chi connectivity index (χ4n) is 1.80. The summed E-state index contributed by atoms with van der Waals surface area (Å²) in [4.78, 5) is 27.2. The molecule has 0 aliphatic carbocycles. The first-order valence-electron chi connectivity index (χ1n) is 6.26. The standard InChI is InChI=1S/C14H16N4O3/c1-9-6-16-14(20)18(7-9)8-13(19)17-12-4-3-10(21-2)5-11(12)15/h3-7H,8,15H2,1-2H3,(H,17,19). The maximum Gasteiger partial charge on any atom is 0.347 e. The van der Waals surface area contributed by atoms with Gasteiger partial charge in [-0.1, -0.05) is 0 Å². The third kappa shape index (κ3) is 3.59. The van der Waals surface area contributed by atoms with Crippen molar-refractivity contribution in [2.75, 3.05) is 18.2 Å². The molecule has 3 N–H and O–H groups in total. The van der Waals surface area contributed by atoms with Crippen molar-refractivity contribution in [3.8, 4) is 5.75 Å². The maximum atomic E-state index is 12.0. The normalized spacial score (nSPS) is 10.2. The Labute approximate surface area is 121 Å². The summed E-state index contributed by atoms with van der Waals surface area (Å²) >= 11 is 0. The second-order valence-electron chi connectivity index (χ2n) is 4.54. The predicted octanol–water partition coefficient (Wildman–Crippen LogP) is 0.781. The Morgan fingerprint density at radius 1 is 1.48 bits per heavy atom. The Morgan fingerprint density at radius 2 is 2.24 bits per heavy atom. The maximum absolute atomic E-state index is 12.0. The third-order valence-corrected chi connectivity index (χ3v) is 2.83. The second-order valence-corrected chi connectivity index (χ2v) is 4.54. The van der Waals surface area contributed by atoms with Gasteiger partial charge in [-0.15, -0.1) is 0 Å². The number of rotatable bonds is 4. The van der Waals surface area contributed by atoms with Crippen molar-refractivity contribution in [1.82, 2.24) is 9.55 Å². The molecular weight excluding hydrogens is 272 g/mol. The first-order chi connectivity index (χ1) is 9.99. The van der Waals surface area contributed by atoms with Crippen LogP contribution < -0.4 is 21.5 Å². The molecule has 1 aromatic carbocycles. The van der Waals surface area contributed by atoms with Crippen molar-refractivity contribution in [1.29, 1.82) is 0 Å². The number of amides is 1. The minimum Gasteiger partial charge on any atom is -0.497 e. The van der Waals surface area contributed by atoms with E-state index in [-0.39, 0.29) is 12.5 Å². The number of nitrogens with one attached hydrogen (secondary N) is 1. The molecule has 0 spiro atoms. The molecule has 0 atom stereocenters. The van der Waals surface area contributed by atoms with Crippen molar-refractivity contribution in [2.45, 2.75) is 13.5 Å². The Hall–Kier alpha value is -2.83. The van der Waals surface area contributed by atoms with E-state index in [1.165, 1.54) is 17.9 Å². The van der Waals surface area contributed by atoms with E-state index in [1.807, 2.05) is 0 Å². The molecule has 1 aromatic heterocycles. The minimum absolute atomic E-state index is 0.126. The molecule has 21 heavy (non-hydrogen) atoms. The van der Waals surface area contributed by atoms with Gasteiger partial charge in [0.2, 0.25) is 5.91 Å². The summed E-state index contributed by atoms with van der Waals surface area (Å²) < 4.78 is 6.27. The molecule has 7 heteroatoms. The van der Waals surface area contributed by atoms with Gasteiger partial charge in [-0.05, 0) is 24.6 Å². The number of benzene rings is 1. The number of nitrogen functional groups attached to an aromatic ring is 1. The van der Waals surface area contributed by atoms with Crippen LogP contribution in [0.25, 0.3) is 0 Å². The van der Waals surface area contributed by atoms with Crippen LogP contribution >= 0.6 is 0 Å². The lowest BCUT2D eigenvalue weighted by molar-refractivity contribution is -0.116. The first kappa shape index (κ1) is 14.6. The van der Waals surface area contributed by atoms with Gasteiger partial charge in [-0.25, -0.2) is 9.78 Å². The van der Waals surface area contributed by atoms with Crippen molar-refractivity contribution >= 4 is 17.3 Å². The highest BCUT2D eigenvalue weighted by atomic mass is 16.5. The third-order valence-electron chi connectivity index (χ3n) is 2.83. The van der Waals surface area contributed by atoms with Crippen molar-refractivity contribution < 1.29 is 9.53 Å². The minimum atomic E-state index is -0.474. The van der Waals surface area contributed by atoms with Crippen LogP contribution in [0.2, 0.25) is 0 Å². The number of nitrogens with two attached hydrogens (primary N) is 1. The SMILES string of the molecule is COc1ccc(NC(=O)Cn2cc(C)cnc2=O)c(N)c1. The van der Waals surface area contributed by atoms with E-state index in [1.54, 1.807) is 31.3 Å². The molecule has 0 radical (unpaired) electrons. The molecule has 0 saturated carbocycles. The summed E-state index contributed by atoms with van der Waals surface area (Å²) in [6, 6.07) is 4.94. The smallest absolute Gasteiger partial charge is 0.347 e. The van der Waals surface area contributed by atoms with Gasteiger partial charge < -0.3 is 15.8 Å². The lowest BCUT2D eigenvalue weighted by Gasteiger charge is -2.10. The summed E-state index contributed by atoms with van der Waals surface area (Å²) in [5, 5.41) is 2.65. The van der Waals surface area contributed by atoms with Crippen molar-refractivity contribution in [3.63, 3.8) is 0 Å². The lowest BCUT2D eigenvalue weighted by atomic mass is 10.2. The molecule has 0 unspecified atom stereocenters. The van der Waals surface area contributed by atoms with Gasteiger partial charge in [0.1, 0.15) is 12.3 Å². The summed E-state index contributed by atoms with van der Waals surface area (Å²) in [6.45, 7) is 1.67. The Balaban J connectivity index is 2.11. The molecule has 1 amide bonds. The Morgan fingerprint density at radius 3 is 2.90 bits per heavy atom. The lowest BCUT2D eigenvalue weighted by Crippen LogP contribution is -2.29. The molecule has 2 aromatic rings. The Bertz CT molecular complexity index is 724. The van der Waals surface area contributed by atoms with Crippen LogP contribution in [0.3, 0.4) is 0 Å². The molecule has 0 aliphatic heterocycles. The number of carbonyl (C=O) groups is 1. The number of aryl methyl sites for hydroxylation is 1. The van der Waals surface area contributed by atoms with Crippen LogP contribution in [-0.4, -0.2) is 22.6 Å². The van der Waals surface area contributed by atoms with E-state index >= 15 is 0 Å². The molecule has 7 nitrogen and oxygen atoms in total. The van der Waals surface area contributed by atoms with Crippen molar-refractivity contribution in [2.24, 2.45) is 0 Å². The topological polar surface area (TPSA) is 99.2 Å². The zero-order valence-corrected chi connectivity index (χ0v) is 11.8. The number of anilines is 2. The molecule has 110 valence electrons. The monoisotopic (exact) mass is 288 g/mol. The first-order valence-corrected chi connectivity index (χ1v) is 6.26. The predicted molar refractivity (Wildman–Crippen MR) is 79.3 cm³/mol. The summed E-state index contributed by atoms with van der Waals surface area (Å²) in [7, 11) is 1.53. The number of carbonyl (C=O) groups excluding carboxylic acids is 1. The van der Waals surface area contributed by atoms with E-state index in [4.69, 9.17) is 10.5 Å². The molecule has 2 rings (SSSR count). The molecule has 0 saturated heterocycles. The summed E-state index contributed by atoms with van der Waals surface area (Å²) in [5.41, 5.74) is 6.99. The number of hydrogen-bond donors (Lipinski definition) is 2. The van der Waals surface area contributed by atoms with E-state index in [9.17, 15) is 9.59 Å². The highest BCUT2D eigenvalue weighted by Gasteiger charge is 2.08. The largest absolute Gasteiger partial charge is 0.497 e. The van der Waals surface area contributed by atoms with E-state index in [0.717, 1.165) is 5.56 Å². The van der Waals surface area contributed by atoms with Gasteiger partial charge in [-0.3, -0.25) is 9.36 Å². The van der Waals surface area contributed by atoms with Gasteiger partial charge >= 0.3 is 5.69 Å². The zero-order chi connectivity index (χ0) is 15.4. The van der Waals surface area contributed by atoms with E-state index in [2.05, 4.69) is 10.3 Å². The Kier molecular flexibility index (Phi) is 4.22. The highest BCUT2D eigenvalue weighted by Crippen LogP contribution is 2.23. The summed E-state index contributed by atoms with van der Waals surface area (Å²) in [6.07, 6.45) is 3.03. The fourth-order valence-corrected chi connectivity index (χ4v) is 1.80. The van der Waals surface area contributed by atoms with Crippen LogP contribution in [0, 0.1) is 6.92 Å². The van der Waals surface area contributed by atoms with Gasteiger partial charge in [0.15, 0.2) is 0 Å². The van der Waals surface area contributed by atoms with E-state index < -0.39 is 5.69 Å². The number of methoxy groups -OCH3 is 1. The quantitative estimate of drug-likeness (QED) is 0.810. The molecule has 0 fully saturated rings. The van der Waals surface area contributed by atoms with Crippen LogP contribution in [0.5, 0.6) is 5.75 Å². The molecular formula is C14H16N4O3. The highest BCUT2D eigenvalue weighted by molar-refractivity contribution is 5.93. The van der Waals surface area contributed by atoms with Gasteiger partial charge in [0.25, 0.3) is 0 Å². The van der Waals surface area contributed by atoms with Crippen LogP contribution in [0.1, 0.15) is 5.56 Å². The number of hydrogen-bond acceptors (Lipinski definition) is 5. The number of ether oxygens (including phenoxy) is 1. The van der Waals surface area contributed by atoms with Crippen LogP contribution in [0.4, 0.5) is 11.4 Å². The molecule has 0 aliphatic rings. The average Bonchev–Trinajstić information content (AvgIpc) is 2.45. The van der Waals surface area contributed by atoms with E-state index in [0.29, 0.717) is 17.1 Å². The van der Waals surface area contributed by atoms with Crippen LogP contribution in [-0.2, 0) is 11.3 Å². The second kappa shape index (κ2) is 6.08. The molecule has 0 bridgehead atoms. The van der Waals surface area contributed by atoms with Crippen molar-refractivity contribution in [3.05, 3.63) is 46.6 Å². The van der Waals surface area contributed by atoms with Gasteiger partial charge in [0, 0.05) is 18.5 Å².